The highest BCUT2D eigenvalue weighted by Gasteiger charge is 2.63. The van der Waals surface area contributed by atoms with Gasteiger partial charge >= 0.3 is 12.4 Å². The Bertz CT molecular complexity index is 1350. The molecule has 0 saturated heterocycles. The minimum Gasteiger partial charge on any atom is -0.497 e. The molecule has 3 aromatic carbocycles. The molecule has 0 bridgehead atoms. The maximum absolute atomic E-state index is 15.4. The number of halogens is 6. The molecule has 1 amide bonds. The predicted octanol–water partition coefficient (Wildman–Crippen LogP) is 8.00. The molecule has 4 nitrogen and oxygen atoms in total. The largest absolute Gasteiger partial charge is 0.497 e. The molecule has 0 N–H and O–H groups in total. The van der Waals surface area contributed by atoms with E-state index < -0.39 is 36.6 Å². The third-order valence-electron chi connectivity index (χ3n) is 6.77. The van der Waals surface area contributed by atoms with Gasteiger partial charge in [0.1, 0.15) is 11.5 Å². The lowest BCUT2D eigenvalue weighted by Gasteiger charge is -2.47. The molecule has 1 aliphatic rings. The zero-order chi connectivity index (χ0) is 29.1. The standard InChI is InChI=1S/C30H27F6NO3/c1-20-4-6-21(7-5-20)22-18-27(38)37(24-10-14-25(39-2)15-11-24)28(19-22,30(34,35)36)23-8-12-26(13-9-23)40-17-3-16-29(31,32)33/h4-15,18H,3,16-17,19H2,1-2H3/t28-/m0/s1. The number of ether oxygens (including phenoxy) is 2. The molecule has 0 aromatic heterocycles. The van der Waals surface area contributed by atoms with Crippen molar-refractivity contribution >= 4 is 17.2 Å². The first-order valence-corrected chi connectivity index (χ1v) is 12.5. The topological polar surface area (TPSA) is 38.8 Å². The summed E-state index contributed by atoms with van der Waals surface area (Å²) in [6.07, 6.45) is -9.92. The van der Waals surface area contributed by atoms with E-state index in [0.717, 1.165) is 10.5 Å². The van der Waals surface area contributed by atoms with Crippen LogP contribution in [0, 0.1) is 6.92 Å². The molecular formula is C30H27F6NO3. The highest BCUT2D eigenvalue weighted by atomic mass is 19.4. The fraction of sp³-hybridized carbons (Fsp3) is 0.300. The van der Waals surface area contributed by atoms with E-state index in [4.69, 9.17) is 9.47 Å². The van der Waals surface area contributed by atoms with Crippen molar-refractivity contribution in [2.75, 3.05) is 18.6 Å². The fourth-order valence-electron chi connectivity index (χ4n) is 4.75. The van der Waals surface area contributed by atoms with Gasteiger partial charge in [0.05, 0.1) is 13.7 Å². The van der Waals surface area contributed by atoms with Gasteiger partial charge < -0.3 is 9.47 Å². The average molecular weight is 564 g/mol. The summed E-state index contributed by atoms with van der Waals surface area (Å²) in [7, 11) is 1.42. The Labute approximate surface area is 227 Å². The molecule has 0 aliphatic carbocycles. The number of carbonyl (C=O) groups excluding carboxylic acids is 1. The maximum Gasteiger partial charge on any atom is 0.416 e. The zero-order valence-electron chi connectivity index (χ0n) is 21.8. The first-order valence-electron chi connectivity index (χ1n) is 12.5. The first kappa shape index (κ1) is 29.0. The second kappa shape index (κ2) is 11.3. The molecular weight excluding hydrogens is 536 g/mol. The van der Waals surface area contributed by atoms with Gasteiger partial charge in [-0.15, -0.1) is 0 Å². The van der Waals surface area contributed by atoms with Crippen molar-refractivity contribution in [1.29, 1.82) is 0 Å². The maximum atomic E-state index is 15.4. The van der Waals surface area contributed by atoms with Gasteiger partial charge in [0.2, 0.25) is 0 Å². The molecule has 0 fully saturated rings. The van der Waals surface area contributed by atoms with Crippen molar-refractivity contribution in [2.45, 2.75) is 44.1 Å². The van der Waals surface area contributed by atoms with Gasteiger partial charge in [0.25, 0.3) is 5.91 Å². The van der Waals surface area contributed by atoms with Crippen molar-refractivity contribution < 1.29 is 40.6 Å². The summed E-state index contributed by atoms with van der Waals surface area (Å²) in [5.74, 6) is -0.318. The van der Waals surface area contributed by atoms with Crippen LogP contribution in [-0.4, -0.2) is 32.0 Å². The minimum atomic E-state index is -4.93. The van der Waals surface area contributed by atoms with Gasteiger partial charge in [-0.05, 0) is 66.4 Å². The number of hydrogen-bond donors (Lipinski definition) is 0. The van der Waals surface area contributed by atoms with Gasteiger partial charge in [-0.2, -0.15) is 26.3 Å². The molecule has 1 aliphatic heterocycles. The lowest BCUT2D eigenvalue weighted by molar-refractivity contribution is -0.191. The number of anilines is 1. The number of hydrogen-bond acceptors (Lipinski definition) is 3. The quantitative estimate of drug-likeness (QED) is 0.206. The van der Waals surface area contributed by atoms with E-state index >= 15 is 13.2 Å². The molecule has 1 heterocycles. The minimum absolute atomic E-state index is 0.0230. The van der Waals surface area contributed by atoms with Gasteiger partial charge in [-0.1, -0.05) is 42.0 Å². The van der Waals surface area contributed by atoms with E-state index in [2.05, 4.69) is 0 Å². The third-order valence-corrected chi connectivity index (χ3v) is 6.77. The van der Waals surface area contributed by atoms with Gasteiger partial charge in [-0.3, -0.25) is 9.69 Å². The Morgan fingerprint density at radius 1 is 0.850 bits per heavy atom. The molecule has 3 aromatic rings. The van der Waals surface area contributed by atoms with Crippen molar-refractivity contribution in [3.8, 4) is 11.5 Å². The van der Waals surface area contributed by atoms with Gasteiger partial charge in [0, 0.05) is 24.6 Å². The van der Waals surface area contributed by atoms with Crippen LogP contribution in [0.5, 0.6) is 11.5 Å². The van der Waals surface area contributed by atoms with Crippen LogP contribution < -0.4 is 14.4 Å². The predicted molar refractivity (Wildman–Crippen MR) is 139 cm³/mol. The number of amides is 1. The molecule has 4 rings (SSSR count). The Balaban J connectivity index is 1.78. The van der Waals surface area contributed by atoms with Crippen molar-refractivity contribution in [3.05, 3.63) is 95.6 Å². The molecule has 0 saturated carbocycles. The smallest absolute Gasteiger partial charge is 0.416 e. The van der Waals surface area contributed by atoms with E-state index in [-0.39, 0.29) is 35.6 Å². The molecule has 10 heteroatoms. The van der Waals surface area contributed by atoms with E-state index in [1.807, 2.05) is 6.92 Å². The van der Waals surface area contributed by atoms with E-state index in [9.17, 15) is 18.0 Å². The lowest BCUT2D eigenvalue weighted by atomic mass is 9.76. The lowest BCUT2D eigenvalue weighted by Crippen LogP contribution is -2.60. The summed E-state index contributed by atoms with van der Waals surface area (Å²) in [5, 5.41) is 0. The number of methoxy groups -OCH3 is 1. The molecule has 0 spiro atoms. The van der Waals surface area contributed by atoms with Crippen LogP contribution in [0.25, 0.3) is 5.57 Å². The fourth-order valence-corrected chi connectivity index (χ4v) is 4.75. The Kier molecular flexibility index (Phi) is 8.18. The van der Waals surface area contributed by atoms with Crippen LogP contribution in [-0.2, 0) is 10.3 Å². The second-order valence-electron chi connectivity index (χ2n) is 9.53. The number of rotatable bonds is 8. The van der Waals surface area contributed by atoms with Crippen LogP contribution in [0.1, 0.15) is 36.0 Å². The van der Waals surface area contributed by atoms with Crippen LogP contribution in [0.3, 0.4) is 0 Å². The van der Waals surface area contributed by atoms with E-state index in [1.54, 1.807) is 24.3 Å². The number of alkyl halides is 6. The Hall–Kier alpha value is -3.95. The molecule has 40 heavy (non-hydrogen) atoms. The summed E-state index contributed by atoms with van der Waals surface area (Å²) in [6, 6.07) is 17.6. The highest BCUT2D eigenvalue weighted by molar-refractivity contribution is 6.09. The number of aryl methyl sites for hydroxylation is 1. The van der Waals surface area contributed by atoms with Crippen LogP contribution >= 0.6 is 0 Å². The van der Waals surface area contributed by atoms with Crippen molar-refractivity contribution in [2.24, 2.45) is 0 Å². The number of nitrogens with zero attached hydrogens (tertiary/aromatic N) is 1. The van der Waals surface area contributed by atoms with E-state index in [0.29, 0.717) is 11.3 Å². The molecule has 212 valence electrons. The number of benzene rings is 3. The van der Waals surface area contributed by atoms with Crippen molar-refractivity contribution in [1.82, 2.24) is 0 Å². The summed E-state index contributed by atoms with van der Waals surface area (Å²) in [4.78, 5) is 14.3. The third kappa shape index (κ3) is 6.11. The van der Waals surface area contributed by atoms with Gasteiger partial charge in [0.15, 0.2) is 5.54 Å². The first-order chi connectivity index (χ1) is 18.8. The summed E-state index contributed by atoms with van der Waals surface area (Å²) in [6.45, 7) is 1.60. The van der Waals surface area contributed by atoms with Crippen LogP contribution in [0.4, 0.5) is 32.0 Å². The molecule has 1 atom stereocenters. The number of carbonyl (C=O) groups is 1. The summed E-state index contributed by atoms with van der Waals surface area (Å²) < 4.78 is 93.8. The Morgan fingerprint density at radius 3 is 2.00 bits per heavy atom. The van der Waals surface area contributed by atoms with Crippen LogP contribution in [0.15, 0.2) is 78.9 Å². The highest BCUT2D eigenvalue weighted by Crippen LogP contribution is 2.53. The monoisotopic (exact) mass is 563 g/mol. The van der Waals surface area contributed by atoms with E-state index in [1.165, 1.54) is 61.7 Å². The molecule has 0 radical (unpaired) electrons. The SMILES string of the molecule is COc1ccc(N2C(=O)C=C(c3ccc(C)cc3)C[C@]2(c2ccc(OCCCC(F)(F)F)cc2)C(F)(F)F)cc1. The molecule has 0 unspecified atom stereocenters. The van der Waals surface area contributed by atoms with Crippen molar-refractivity contribution in [3.63, 3.8) is 0 Å². The average Bonchev–Trinajstić information content (AvgIpc) is 2.90. The normalized spacial score (nSPS) is 17.9. The summed E-state index contributed by atoms with van der Waals surface area (Å²) in [5.41, 5.74) is -1.35. The van der Waals surface area contributed by atoms with Crippen LogP contribution in [0.2, 0.25) is 0 Å². The summed E-state index contributed by atoms with van der Waals surface area (Å²) >= 11 is 0. The second-order valence-corrected chi connectivity index (χ2v) is 9.53. The van der Waals surface area contributed by atoms with Gasteiger partial charge in [-0.25, -0.2) is 0 Å². The zero-order valence-corrected chi connectivity index (χ0v) is 21.8. The Morgan fingerprint density at radius 2 is 1.45 bits per heavy atom.